The van der Waals surface area contributed by atoms with E-state index < -0.39 is 0 Å². The number of aryl methyl sites for hydroxylation is 1. The Hall–Kier alpha value is -2.60. The molecule has 0 spiro atoms. The van der Waals surface area contributed by atoms with E-state index in [0.717, 1.165) is 30.8 Å². The van der Waals surface area contributed by atoms with Crippen LogP contribution in [0.3, 0.4) is 0 Å². The van der Waals surface area contributed by atoms with Crippen molar-refractivity contribution < 1.29 is 9.53 Å². The van der Waals surface area contributed by atoms with Crippen LogP contribution in [0, 0.1) is 6.92 Å². The molecular formula is C20H26N4O2. The summed E-state index contributed by atoms with van der Waals surface area (Å²) in [6.45, 7) is 6.06. The molecule has 6 nitrogen and oxygen atoms in total. The molecule has 0 radical (unpaired) electrons. The Labute approximate surface area is 154 Å². The molecule has 1 aliphatic heterocycles. The number of amides is 1. The van der Waals surface area contributed by atoms with Crippen molar-refractivity contribution in [2.75, 3.05) is 44.2 Å². The fourth-order valence-corrected chi connectivity index (χ4v) is 3.07. The summed E-state index contributed by atoms with van der Waals surface area (Å²) in [7, 11) is 0. The molecule has 26 heavy (non-hydrogen) atoms. The average Bonchev–Trinajstić information content (AvgIpc) is 2.69. The zero-order chi connectivity index (χ0) is 18.4. The number of nitrogens with zero attached hydrogens (tertiary/aromatic N) is 3. The zero-order valence-corrected chi connectivity index (χ0v) is 15.2. The summed E-state index contributed by atoms with van der Waals surface area (Å²) in [4.78, 5) is 21.3. The smallest absolute Gasteiger partial charge is 0.257 e. The van der Waals surface area contributed by atoms with Crippen molar-refractivity contribution in [2.24, 2.45) is 5.73 Å². The van der Waals surface area contributed by atoms with Crippen LogP contribution in [-0.2, 0) is 0 Å². The van der Waals surface area contributed by atoms with E-state index >= 15 is 0 Å². The van der Waals surface area contributed by atoms with Gasteiger partial charge in [-0.25, -0.2) is 0 Å². The molecule has 0 unspecified atom stereocenters. The largest absolute Gasteiger partial charge is 0.493 e. The summed E-state index contributed by atoms with van der Waals surface area (Å²) in [5, 5.41) is 0. The van der Waals surface area contributed by atoms with Gasteiger partial charge in [-0.2, -0.15) is 0 Å². The first-order chi connectivity index (χ1) is 12.7. The molecule has 0 aliphatic carbocycles. The highest BCUT2D eigenvalue weighted by atomic mass is 16.5. The Balaban J connectivity index is 1.66. The topological polar surface area (TPSA) is 71.7 Å². The fraction of sp³-hybridized carbons (Fsp3) is 0.400. The van der Waals surface area contributed by atoms with E-state index in [1.54, 1.807) is 6.20 Å². The quantitative estimate of drug-likeness (QED) is 0.804. The molecular weight excluding hydrogens is 328 g/mol. The number of carbonyl (C=O) groups is 1. The summed E-state index contributed by atoms with van der Waals surface area (Å²) in [5.41, 5.74) is 8.33. The number of hydrogen-bond donors (Lipinski definition) is 1. The lowest BCUT2D eigenvalue weighted by atomic mass is 10.1. The third-order valence-electron chi connectivity index (χ3n) is 4.55. The molecule has 0 atom stereocenters. The van der Waals surface area contributed by atoms with Crippen LogP contribution in [-0.4, -0.2) is 55.1 Å². The summed E-state index contributed by atoms with van der Waals surface area (Å²) in [5.74, 6) is 0.678. The van der Waals surface area contributed by atoms with Crippen LogP contribution in [0.15, 0.2) is 42.7 Å². The van der Waals surface area contributed by atoms with Crippen LogP contribution < -0.4 is 15.4 Å². The van der Waals surface area contributed by atoms with Gasteiger partial charge in [0.1, 0.15) is 5.75 Å². The highest BCUT2D eigenvalue weighted by Crippen LogP contribution is 2.23. The molecule has 1 aromatic heterocycles. The Morgan fingerprint density at radius 2 is 2.04 bits per heavy atom. The Bertz CT molecular complexity index is 728. The van der Waals surface area contributed by atoms with Crippen molar-refractivity contribution in [3.05, 3.63) is 53.9 Å². The predicted octanol–water partition coefficient (Wildman–Crippen LogP) is 2.08. The monoisotopic (exact) mass is 354 g/mol. The molecule has 2 heterocycles. The fourth-order valence-electron chi connectivity index (χ4n) is 3.07. The van der Waals surface area contributed by atoms with Gasteiger partial charge in [0.2, 0.25) is 0 Å². The summed E-state index contributed by atoms with van der Waals surface area (Å²) >= 11 is 0. The normalized spacial score (nSPS) is 14.4. The van der Waals surface area contributed by atoms with Crippen LogP contribution in [0.2, 0.25) is 0 Å². The maximum Gasteiger partial charge on any atom is 0.257 e. The molecule has 0 saturated carbocycles. The summed E-state index contributed by atoms with van der Waals surface area (Å²) < 4.78 is 5.81. The van der Waals surface area contributed by atoms with Gasteiger partial charge in [-0.15, -0.1) is 0 Å². The van der Waals surface area contributed by atoms with Gasteiger partial charge in [0.05, 0.1) is 24.1 Å². The number of anilines is 1. The second kappa shape index (κ2) is 8.67. The lowest BCUT2D eigenvalue weighted by Crippen LogP contribution is -2.48. The van der Waals surface area contributed by atoms with Crippen molar-refractivity contribution in [3.63, 3.8) is 0 Å². The Morgan fingerprint density at radius 3 is 2.73 bits per heavy atom. The lowest BCUT2D eigenvalue weighted by molar-refractivity contribution is 0.0742. The molecule has 1 saturated heterocycles. The van der Waals surface area contributed by atoms with E-state index in [-0.39, 0.29) is 5.91 Å². The SMILES string of the molecule is Cc1ccc(C(=O)N2CCN(c3cccnc3)CC2)c(OCCCN)c1. The Kier molecular flexibility index (Phi) is 6.07. The van der Waals surface area contributed by atoms with E-state index in [9.17, 15) is 4.79 Å². The first-order valence-corrected chi connectivity index (χ1v) is 9.07. The highest BCUT2D eigenvalue weighted by Gasteiger charge is 2.24. The Morgan fingerprint density at radius 1 is 1.23 bits per heavy atom. The second-order valence-corrected chi connectivity index (χ2v) is 6.48. The maximum absolute atomic E-state index is 13.0. The van der Waals surface area contributed by atoms with Gasteiger partial charge in [-0.1, -0.05) is 6.07 Å². The number of piperazine rings is 1. The van der Waals surface area contributed by atoms with Gasteiger partial charge in [-0.05, 0) is 49.7 Å². The summed E-state index contributed by atoms with van der Waals surface area (Å²) in [6.07, 6.45) is 4.40. The van der Waals surface area contributed by atoms with E-state index in [1.807, 2.05) is 48.4 Å². The predicted molar refractivity (Wildman–Crippen MR) is 103 cm³/mol. The van der Waals surface area contributed by atoms with Gasteiger partial charge >= 0.3 is 0 Å². The lowest BCUT2D eigenvalue weighted by Gasteiger charge is -2.36. The van der Waals surface area contributed by atoms with Crippen molar-refractivity contribution >= 4 is 11.6 Å². The van der Waals surface area contributed by atoms with E-state index in [4.69, 9.17) is 10.5 Å². The van der Waals surface area contributed by atoms with Crippen LogP contribution in [0.25, 0.3) is 0 Å². The molecule has 1 aliphatic rings. The maximum atomic E-state index is 13.0. The van der Waals surface area contributed by atoms with Crippen molar-refractivity contribution in [3.8, 4) is 5.75 Å². The second-order valence-electron chi connectivity index (χ2n) is 6.48. The van der Waals surface area contributed by atoms with Crippen LogP contribution >= 0.6 is 0 Å². The number of hydrogen-bond acceptors (Lipinski definition) is 5. The number of ether oxygens (including phenoxy) is 1. The third-order valence-corrected chi connectivity index (χ3v) is 4.55. The number of pyridine rings is 1. The van der Waals surface area contributed by atoms with Gasteiger partial charge in [0, 0.05) is 32.4 Å². The number of carbonyl (C=O) groups excluding carboxylic acids is 1. The minimum absolute atomic E-state index is 0.0265. The van der Waals surface area contributed by atoms with Gasteiger partial charge < -0.3 is 20.3 Å². The minimum Gasteiger partial charge on any atom is -0.493 e. The molecule has 1 aromatic carbocycles. The highest BCUT2D eigenvalue weighted by molar-refractivity contribution is 5.97. The molecule has 1 fully saturated rings. The molecule has 2 aromatic rings. The number of nitrogens with two attached hydrogens (primary N) is 1. The van der Waals surface area contributed by atoms with Crippen molar-refractivity contribution in [1.29, 1.82) is 0 Å². The number of aromatic nitrogens is 1. The zero-order valence-electron chi connectivity index (χ0n) is 15.2. The molecule has 2 N–H and O–H groups in total. The van der Waals surface area contributed by atoms with Gasteiger partial charge in [0.25, 0.3) is 5.91 Å². The minimum atomic E-state index is 0.0265. The molecule has 0 bridgehead atoms. The number of benzene rings is 1. The first kappa shape index (κ1) is 18.2. The first-order valence-electron chi connectivity index (χ1n) is 9.07. The van der Waals surface area contributed by atoms with Crippen molar-refractivity contribution in [2.45, 2.75) is 13.3 Å². The van der Waals surface area contributed by atoms with E-state index in [0.29, 0.717) is 37.6 Å². The van der Waals surface area contributed by atoms with Gasteiger partial charge in [-0.3, -0.25) is 9.78 Å². The summed E-state index contributed by atoms with van der Waals surface area (Å²) in [6, 6.07) is 9.73. The number of rotatable bonds is 6. The molecule has 3 rings (SSSR count). The van der Waals surface area contributed by atoms with Crippen LogP contribution in [0.1, 0.15) is 22.3 Å². The van der Waals surface area contributed by atoms with Crippen LogP contribution in [0.4, 0.5) is 5.69 Å². The average molecular weight is 354 g/mol. The van der Waals surface area contributed by atoms with Gasteiger partial charge in [0.15, 0.2) is 0 Å². The van der Waals surface area contributed by atoms with E-state index in [2.05, 4.69) is 9.88 Å². The standard InChI is InChI=1S/C20H26N4O2/c1-16-5-6-18(19(14-16)26-13-3-7-21)20(25)24-11-9-23(10-12-24)17-4-2-8-22-15-17/h2,4-6,8,14-15H,3,7,9-13,21H2,1H3. The third kappa shape index (κ3) is 4.32. The van der Waals surface area contributed by atoms with E-state index in [1.165, 1.54) is 0 Å². The van der Waals surface area contributed by atoms with Crippen molar-refractivity contribution in [1.82, 2.24) is 9.88 Å². The molecule has 6 heteroatoms. The molecule has 1 amide bonds. The van der Waals surface area contributed by atoms with Crippen LogP contribution in [0.5, 0.6) is 5.75 Å². The molecule has 138 valence electrons.